The Bertz CT molecular complexity index is 550. The van der Waals surface area contributed by atoms with Crippen molar-refractivity contribution in [2.45, 2.75) is 46.8 Å². The molecule has 148 valence electrons. The molecule has 1 atom stereocenters. The number of rotatable bonds is 10. The van der Waals surface area contributed by atoms with Crippen LogP contribution in [-0.4, -0.2) is 36.7 Å². The molecule has 0 amide bonds. The molecule has 8 heteroatoms. The number of ether oxygens (including phenoxy) is 1. The lowest BCUT2D eigenvalue weighted by molar-refractivity contribution is -0.384. The third-order valence-electron chi connectivity index (χ3n) is 3.76. The van der Waals surface area contributed by atoms with Crippen molar-refractivity contribution in [2.24, 2.45) is 10.9 Å². The van der Waals surface area contributed by atoms with Crippen LogP contribution in [0.5, 0.6) is 0 Å². The summed E-state index contributed by atoms with van der Waals surface area (Å²) in [5.41, 5.74) is 1.02. The van der Waals surface area contributed by atoms with Crippen LogP contribution < -0.4 is 10.6 Å². The van der Waals surface area contributed by atoms with Crippen molar-refractivity contribution in [1.29, 1.82) is 0 Å². The van der Waals surface area contributed by atoms with E-state index in [1.54, 1.807) is 12.1 Å². The van der Waals surface area contributed by atoms with Gasteiger partial charge in [0.15, 0.2) is 5.96 Å². The van der Waals surface area contributed by atoms with E-state index in [-0.39, 0.29) is 35.8 Å². The summed E-state index contributed by atoms with van der Waals surface area (Å²) in [7, 11) is 0. The number of non-ortho nitro benzene ring substituents is 1. The first-order valence-corrected chi connectivity index (χ1v) is 8.85. The van der Waals surface area contributed by atoms with Crippen molar-refractivity contribution in [3.8, 4) is 0 Å². The summed E-state index contributed by atoms with van der Waals surface area (Å²) >= 11 is 0. The fourth-order valence-electron chi connectivity index (χ4n) is 2.39. The Morgan fingerprint density at radius 1 is 1.23 bits per heavy atom. The molecule has 1 rings (SSSR count). The largest absolute Gasteiger partial charge is 0.378 e. The lowest BCUT2D eigenvalue weighted by Gasteiger charge is -2.21. The van der Waals surface area contributed by atoms with Crippen molar-refractivity contribution in [3.63, 3.8) is 0 Å². The first-order valence-electron chi connectivity index (χ1n) is 8.85. The van der Waals surface area contributed by atoms with Crippen molar-refractivity contribution in [1.82, 2.24) is 10.6 Å². The normalized spacial score (nSPS) is 12.4. The number of benzene rings is 1. The molecular formula is C18H31IN4O3. The minimum Gasteiger partial charge on any atom is -0.378 e. The molecule has 0 bridgehead atoms. The smallest absolute Gasteiger partial charge is 0.269 e. The molecule has 1 aromatic carbocycles. The molecule has 0 saturated carbocycles. The van der Waals surface area contributed by atoms with Crippen molar-refractivity contribution in [3.05, 3.63) is 39.9 Å². The molecule has 2 N–H and O–H groups in total. The number of guanidine groups is 1. The third-order valence-corrected chi connectivity index (χ3v) is 3.76. The first kappa shape index (κ1) is 24.6. The van der Waals surface area contributed by atoms with Crippen LogP contribution >= 0.6 is 24.0 Å². The van der Waals surface area contributed by atoms with Gasteiger partial charge in [0.1, 0.15) is 0 Å². The standard InChI is InChI=1S/C18H30N4O3.HI/c1-5-19-18(20-12-11-17(14(3)4)25-6-2)21-13-15-7-9-16(10-8-15)22(23)24;/h7-10,14,17H,5-6,11-13H2,1-4H3,(H2,19,20,21);1H. The maximum absolute atomic E-state index is 10.7. The lowest BCUT2D eigenvalue weighted by atomic mass is 10.0. The topological polar surface area (TPSA) is 88.8 Å². The van der Waals surface area contributed by atoms with Crippen LogP contribution in [0.2, 0.25) is 0 Å². The highest BCUT2D eigenvalue weighted by Gasteiger charge is 2.13. The minimum absolute atomic E-state index is 0. The van der Waals surface area contributed by atoms with Gasteiger partial charge < -0.3 is 15.4 Å². The number of hydrogen-bond acceptors (Lipinski definition) is 4. The van der Waals surface area contributed by atoms with E-state index >= 15 is 0 Å². The highest BCUT2D eigenvalue weighted by Crippen LogP contribution is 2.12. The molecule has 1 aromatic rings. The Balaban J connectivity index is 0.00000625. The first-order chi connectivity index (χ1) is 12.0. The van der Waals surface area contributed by atoms with Gasteiger partial charge in [-0.15, -0.1) is 24.0 Å². The number of nitro benzene ring substituents is 1. The molecule has 0 radical (unpaired) electrons. The molecule has 0 heterocycles. The van der Waals surface area contributed by atoms with E-state index in [1.807, 2.05) is 13.8 Å². The zero-order chi connectivity index (χ0) is 18.7. The fraction of sp³-hybridized carbons (Fsp3) is 0.611. The van der Waals surface area contributed by atoms with Gasteiger partial charge in [-0.3, -0.25) is 10.1 Å². The van der Waals surface area contributed by atoms with Crippen LogP contribution in [0.1, 0.15) is 39.7 Å². The molecule has 26 heavy (non-hydrogen) atoms. The number of nitrogens with one attached hydrogen (secondary N) is 2. The van der Waals surface area contributed by atoms with E-state index in [2.05, 4.69) is 29.5 Å². The average Bonchev–Trinajstić information content (AvgIpc) is 2.59. The van der Waals surface area contributed by atoms with E-state index in [0.29, 0.717) is 12.5 Å². The minimum atomic E-state index is -0.401. The number of nitro groups is 1. The third kappa shape index (κ3) is 9.33. The monoisotopic (exact) mass is 478 g/mol. The maximum Gasteiger partial charge on any atom is 0.269 e. The van der Waals surface area contributed by atoms with Crippen LogP contribution in [-0.2, 0) is 11.3 Å². The van der Waals surface area contributed by atoms with Gasteiger partial charge in [0.25, 0.3) is 5.69 Å². The molecule has 0 aliphatic heterocycles. The molecular weight excluding hydrogens is 447 g/mol. The summed E-state index contributed by atoms with van der Waals surface area (Å²) in [5, 5.41) is 17.2. The van der Waals surface area contributed by atoms with E-state index < -0.39 is 4.92 Å². The molecule has 0 spiro atoms. The highest BCUT2D eigenvalue weighted by molar-refractivity contribution is 14.0. The van der Waals surface area contributed by atoms with Crippen LogP contribution in [0.15, 0.2) is 29.3 Å². The van der Waals surface area contributed by atoms with E-state index in [0.717, 1.165) is 37.6 Å². The predicted octanol–water partition coefficient (Wildman–Crippen LogP) is 3.72. The Morgan fingerprint density at radius 3 is 2.38 bits per heavy atom. The average molecular weight is 478 g/mol. The number of nitrogens with zero attached hydrogens (tertiary/aromatic N) is 2. The second kappa shape index (κ2) is 13.7. The van der Waals surface area contributed by atoms with Crippen LogP contribution in [0, 0.1) is 16.0 Å². The SMILES string of the molecule is CCNC(=NCc1ccc([N+](=O)[O-])cc1)NCCC(OCC)C(C)C.I. The molecule has 0 aromatic heterocycles. The second-order valence-corrected chi connectivity index (χ2v) is 6.07. The Morgan fingerprint density at radius 2 is 1.88 bits per heavy atom. The molecule has 7 nitrogen and oxygen atoms in total. The zero-order valence-electron chi connectivity index (χ0n) is 16.0. The molecule has 0 saturated heterocycles. The van der Waals surface area contributed by atoms with E-state index in [4.69, 9.17) is 4.74 Å². The van der Waals surface area contributed by atoms with Crippen molar-refractivity contribution >= 4 is 35.6 Å². The van der Waals surface area contributed by atoms with Gasteiger partial charge in [0, 0.05) is 31.8 Å². The summed E-state index contributed by atoms with van der Waals surface area (Å²) in [4.78, 5) is 14.8. The van der Waals surface area contributed by atoms with Gasteiger partial charge in [-0.1, -0.05) is 26.0 Å². The van der Waals surface area contributed by atoms with Crippen molar-refractivity contribution < 1.29 is 9.66 Å². The van der Waals surface area contributed by atoms with Crippen LogP contribution in [0.3, 0.4) is 0 Å². The van der Waals surface area contributed by atoms with E-state index in [9.17, 15) is 10.1 Å². The maximum atomic E-state index is 10.7. The van der Waals surface area contributed by atoms with Gasteiger partial charge >= 0.3 is 0 Å². The molecule has 0 aliphatic rings. The summed E-state index contributed by atoms with van der Waals surface area (Å²) in [5.74, 6) is 1.21. The summed E-state index contributed by atoms with van der Waals surface area (Å²) in [6.45, 7) is 11.1. The summed E-state index contributed by atoms with van der Waals surface area (Å²) < 4.78 is 5.75. The number of halogens is 1. The lowest BCUT2D eigenvalue weighted by Crippen LogP contribution is -2.39. The summed E-state index contributed by atoms with van der Waals surface area (Å²) in [6, 6.07) is 6.46. The number of aliphatic imine (C=N–C) groups is 1. The van der Waals surface area contributed by atoms with Gasteiger partial charge in [-0.05, 0) is 31.7 Å². The predicted molar refractivity (Wildman–Crippen MR) is 116 cm³/mol. The van der Waals surface area contributed by atoms with Gasteiger partial charge in [-0.2, -0.15) is 0 Å². The quantitative estimate of drug-likeness (QED) is 0.176. The Labute approximate surface area is 173 Å². The van der Waals surface area contributed by atoms with Crippen LogP contribution in [0.25, 0.3) is 0 Å². The highest BCUT2D eigenvalue weighted by atomic mass is 127. The zero-order valence-corrected chi connectivity index (χ0v) is 18.4. The summed E-state index contributed by atoms with van der Waals surface area (Å²) in [6.07, 6.45) is 1.14. The Kier molecular flexibility index (Phi) is 13.0. The van der Waals surface area contributed by atoms with Gasteiger partial charge in [0.05, 0.1) is 17.6 Å². The van der Waals surface area contributed by atoms with Crippen LogP contribution in [0.4, 0.5) is 5.69 Å². The molecule has 0 fully saturated rings. The Hall–Kier alpha value is -1.42. The molecule has 0 aliphatic carbocycles. The number of hydrogen-bond donors (Lipinski definition) is 2. The fourth-order valence-corrected chi connectivity index (χ4v) is 2.39. The van der Waals surface area contributed by atoms with E-state index in [1.165, 1.54) is 12.1 Å². The molecule has 1 unspecified atom stereocenters. The van der Waals surface area contributed by atoms with Crippen molar-refractivity contribution in [2.75, 3.05) is 19.7 Å². The van der Waals surface area contributed by atoms with Gasteiger partial charge in [-0.25, -0.2) is 4.99 Å². The second-order valence-electron chi connectivity index (χ2n) is 6.07. The van der Waals surface area contributed by atoms with Gasteiger partial charge in [0.2, 0.25) is 0 Å².